The molecule has 1 amide bonds. The Morgan fingerprint density at radius 3 is 2.30 bits per heavy atom. The number of hydrogen-bond acceptors (Lipinski definition) is 6. The van der Waals surface area contributed by atoms with Crippen LogP contribution in [0.1, 0.15) is 71.2 Å². The minimum Gasteiger partial charge on any atom is -0.396 e. The van der Waals surface area contributed by atoms with Gasteiger partial charge in [0.2, 0.25) is 10.0 Å². The van der Waals surface area contributed by atoms with Crippen LogP contribution in [-0.4, -0.2) is 50.0 Å². The van der Waals surface area contributed by atoms with Gasteiger partial charge in [-0.05, 0) is 72.0 Å². The van der Waals surface area contributed by atoms with Crippen molar-refractivity contribution in [3.05, 3.63) is 95.1 Å². The third kappa shape index (κ3) is 8.88. The van der Waals surface area contributed by atoms with Gasteiger partial charge in [0.1, 0.15) is 0 Å². The number of carbonyl (C=O) groups excluding carboxylic acids is 1. The summed E-state index contributed by atoms with van der Waals surface area (Å²) >= 11 is 0. The smallest absolute Gasteiger partial charge is 0.265 e. The van der Waals surface area contributed by atoms with Crippen LogP contribution in [-0.2, 0) is 16.4 Å². The quantitative estimate of drug-likeness (QED) is 0.215. The predicted octanol–water partition coefficient (Wildman–Crippen LogP) is 4.74. The molecular formula is C31H39ClN2O5S. The van der Waals surface area contributed by atoms with E-state index in [-0.39, 0.29) is 37.1 Å². The van der Waals surface area contributed by atoms with Crippen LogP contribution in [0.15, 0.2) is 72.8 Å². The third-order valence-corrected chi connectivity index (χ3v) is 8.63. The predicted molar refractivity (Wildman–Crippen MR) is 161 cm³/mol. The topological polar surface area (TPSA) is 116 Å². The number of amides is 1. The maximum absolute atomic E-state index is 13.0. The Morgan fingerprint density at radius 2 is 1.62 bits per heavy atom. The van der Waals surface area contributed by atoms with Crippen molar-refractivity contribution in [3.63, 3.8) is 0 Å². The Labute approximate surface area is 243 Å². The normalized spacial score (nSPS) is 14.4. The molecule has 0 saturated heterocycles. The summed E-state index contributed by atoms with van der Waals surface area (Å²) < 4.78 is 26.7. The first-order valence-electron chi connectivity index (χ1n) is 13.7. The van der Waals surface area contributed by atoms with Crippen LogP contribution in [0.5, 0.6) is 0 Å². The zero-order valence-corrected chi connectivity index (χ0v) is 24.2. The highest BCUT2D eigenvalue weighted by Crippen LogP contribution is 2.38. The van der Waals surface area contributed by atoms with Crippen molar-refractivity contribution in [2.24, 2.45) is 0 Å². The monoisotopic (exact) mass is 586 g/mol. The highest BCUT2D eigenvalue weighted by molar-refractivity contribution is 7.90. The molecule has 216 valence electrons. The fraction of sp³-hybridized carbons (Fsp3) is 0.387. The molecule has 4 rings (SSSR count). The van der Waals surface area contributed by atoms with E-state index in [0.29, 0.717) is 12.1 Å². The summed E-state index contributed by atoms with van der Waals surface area (Å²) in [6.07, 6.45) is 4.52. The maximum atomic E-state index is 13.0. The average molecular weight is 587 g/mol. The minimum atomic E-state index is -3.81. The number of halogens is 1. The number of benzene rings is 3. The Hall–Kier alpha value is -2.75. The van der Waals surface area contributed by atoms with Crippen molar-refractivity contribution < 1.29 is 23.4 Å². The third-order valence-electron chi connectivity index (χ3n) is 7.31. The number of nitrogens with one attached hydrogen (secondary N) is 2. The van der Waals surface area contributed by atoms with E-state index in [0.717, 1.165) is 60.9 Å². The van der Waals surface area contributed by atoms with E-state index < -0.39 is 22.0 Å². The number of aliphatic hydroxyl groups is 2. The molecular weight excluding hydrogens is 548 g/mol. The van der Waals surface area contributed by atoms with Crippen LogP contribution < -0.4 is 10.0 Å². The zero-order valence-electron chi connectivity index (χ0n) is 22.6. The molecule has 7 nitrogen and oxygen atoms in total. The second-order valence-corrected chi connectivity index (χ2v) is 12.0. The van der Waals surface area contributed by atoms with Gasteiger partial charge in [-0.25, -0.2) is 13.1 Å². The van der Waals surface area contributed by atoms with Crippen LogP contribution in [0.4, 0.5) is 0 Å². The first-order valence-corrected chi connectivity index (χ1v) is 15.3. The SMILES string of the molecule is Cl.O=C(NS(=O)(=O)CCCO)c1ccc(-c2ccc(CCNC[C@@H](O)c3ccccc3)cc2)cc1C1CCCC1. The Kier molecular flexibility index (Phi) is 12.2. The fourth-order valence-corrected chi connectivity index (χ4v) is 6.16. The molecule has 1 atom stereocenters. The molecule has 3 aromatic carbocycles. The van der Waals surface area contributed by atoms with Crippen molar-refractivity contribution in [1.82, 2.24) is 10.0 Å². The molecule has 0 unspecified atom stereocenters. The summed E-state index contributed by atoms with van der Waals surface area (Å²) in [5.74, 6) is -0.675. The van der Waals surface area contributed by atoms with Gasteiger partial charge in [-0.1, -0.05) is 79.6 Å². The summed E-state index contributed by atoms with van der Waals surface area (Å²) in [5, 5.41) is 22.6. The maximum Gasteiger partial charge on any atom is 0.265 e. The number of rotatable bonds is 13. The molecule has 1 fully saturated rings. The number of carbonyl (C=O) groups is 1. The van der Waals surface area contributed by atoms with Gasteiger partial charge < -0.3 is 15.5 Å². The first-order chi connectivity index (χ1) is 18.9. The Morgan fingerprint density at radius 1 is 0.950 bits per heavy atom. The molecule has 0 heterocycles. The summed E-state index contributed by atoms with van der Waals surface area (Å²) in [7, 11) is -3.81. The lowest BCUT2D eigenvalue weighted by Crippen LogP contribution is -2.33. The zero-order chi connectivity index (χ0) is 27.7. The Balaban J connectivity index is 0.00000441. The van der Waals surface area contributed by atoms with E-state index in [4.69, 9.17) is 5.11 Å². The van der Waals surface area contributed by atoms with Crippen LogP contribution >= 0.6 is 12.4 Å². The molecule has 9 heteroatoms. The van der Waals surface area contributed by atoms with Gasteiger partial charge in [0.15, 0.2) is 0 Å². The second-order valence-electron chi connectivity index (χ2n) is 10.2. The standard InChI is InChI=1S/C31H38N2O5S.ClH/c34-19-6-20-39(37,38)33-31(36)28-16-15-27(21-29(28)25-7-4-5-8-25)24-13-11-23(12-14-24)17-18-32-22-30(35)26-9-2-1-3-10-26;/h1-3,9-16,21,25,30,32,34-35H,4-8,17-20,22H2,(H,33,36);1H/t30-;/m1./s1. The molecule has 0 spiro atoms. The molecule has 0 radical (unpaired) electrons. The highest BCUT2D eigenvalue weighted by Gasteiger charge is 2.25. The van der Waals surface area contributed by atoms with Gasteiger partial charge >= 0.3 is 0 Å². The second kappa shape index (κ2) is 15.3. The number of aliphatic hydroxyl groups excluding tert-OH is 2. The number of sulfonamides is 1. The van der Waals surface area contributed by atoms with E-state index >= 15 is 0 Å². The number of hydrogen-bond donors (Lipinski definition) is 4. The van der Waals surface area contributed by atoms with Crippen molar-refractivity contribution in [1.29, 1.82) is 0 Å². The summed E-state index contributed by atoms with van der Waals surface area (Å²) in [6.45, 7) is 0.999. The summed E-state index contributed by atoms with van der Waals surface area (Å²) in [5.41, 5.74) is 5.41. The minimum absolute atomic E-state index is 0. The lowest BCUT2D eigenvalue weighted by Gasteiger charge is -2.17. The average Bonchev–Trinajstić information content (AvgIpc) is 3.49. The van der Waals surface area contributed by atoms with E-state index in [2.05, 4.69) is 34.3 Å². The van der Waals surface area contributed by atoms with Crippen molar-refractivity contribution in [3.8, 4) is 11.1 Å². The van der Waals surface area contributed by atoms with Crippen LogP contribution in [0.3, 0.4) is 0 Å². The molecule has 1 saturated carbocycles. The van der Waals surface area contributed by atoms with Crippen molar-refractivity contribution in [2.75, 3.05) is 25.4 Å². The lowest BCUT2D eigenvalue weighted by molar-refractivity contribution is 0.0980. The van der Waals surface area contributed by atoms with Gasteiger partial charge in [0.25, 0.3) is 5.91 Å². The highest BCUT2D eigenvalue weighted by atomic mass is 35.5. The van der Waals surface area contributed by atoms with Crippen LogP contribution in [0, 0.1) is 0 Å². The lowest BCUT2D eigenvalue weighted by atomic mass is 9.89. The van der Waals surface area contributed by atoms with Gasteiger partial charge in [-0.3, -0.25) is 4.79 Å². The molecule has 0 bridgehead atoms. The molecule has 3 aromatic rings. The molecule has 40 heavy (non-hydrogen) atoms. The molecule has 0 aliphatic heterocycles. The van der Waals surface area contributed by atoms with Gasteiger partial charge in [0, 0.05) is 18.7 Å². The van der Waals surface area contributed by atoms with E-state index in [1.54, 1.807) is 6.07 Å². The van der Waals surface area contributed by atoms with E-state index in [1.807, 2.05) is 42.5 Å². The largest absolute Gasteiger partial charge is 0.396 e. The fourth-order valence-electron chi connectivity index (χ4n) is 5.15. The van der Waals surface area contributed by atoms with Crippen molar-refractivity contribution in [2.45, 2.75) is 50.5 Å². The van der Waals surface area contributed by atoms with Crippen LogP contribution in [0.25, 0.3) is 11.1 Å². The van der Waals surface area contributed by atoms with E-state index in [1.165, 1.54) is 5.56 Å². The molecule has 4 N–H and O–H groups in total. The molecule has 1 aliphatic carbocycles. The summed E-state index contributed by atoms with van der Waals surface area (Å²) in [6, 6.07) is 23.6. The van der Waals surface area contributed by atoms with Gasteiger partial charge in [-0.15, -0.1) is 12.4 Å². The first kappa shape index (κ1) is 31.8. The van der Waals surface area contributed by atoms with Crippen molar-refractivity contribution >= 4 is 28.3 Å². The van der Waals surface area contributed by atoms with Gasteiger partial charge in [0.05, 0.1) is 11.9 Å². The molecule has 0 aromatic heterocycles. The van der Waals surface area contributed by atoms with Crippen LogP contribution in [0.2, 0.25) is 0 Å². The van der Waals surface area contributed by atoms with E-state index in [9.17, 15) is 18.3 Å². The Bertz CT molecular complexity index is 1330. The van der Waals surface area contributed by atoms with Gasteiger partial charge in [-0.2, -0.15) is 0 Å². The molecule has 1 aliphatic rings. The summed E-state index contributed by atoms with van der Waals surface area (Å²) in [4.78, 5) is 13.0.